The van der Waals surface area contributed by atoms with Gasteiger partial charge in [-0.15, -0.1) is 0 Å². The van der Waals surface area contributed by atoms with Gasteiger partial charge in [0.05, 0.1) is 27.7 Å². The molecule has 82 heavy (non-hydrogen) atoms. The lowest BCUT2D eigenvalue weighted by Crippen LogP contribution is -2.37. The molecule has 0 bridgehead atoms. The number of carbonyl (C=O) groups excluding carboxylic acids is 2. The Morgan fingerprint density at radius 3 is 1.05 bits per heavy atom. The minimum atomic E-state index is -4.39. The number of allylic oxidation sites excluding steroid dienone is 10. The van der Waals surface area contributed by atoms with Crippen molar-refractivity contribution < 1.29 is 42.1 Å². The van der Waals surface area contributed by atoms with Crippen molar-refractivity contribution in [2.45, 2.75) is 341 Å². The molecular formula is C72H135NO8P+. The molecule has 10 heteroatoms. The second-order valence-corrected chi connectivity index (χ2v) is 26.3. The number of phosphoric acid groups is 1. The van der Waals surface area contributed by atoms with Crippen LogP contribution in [0.3, 0.4) is 0 Å². The Morgan fingerprint density at radius 1 is 0.390 bits per heavy atom. The van der Waals surface area contributed by atoms with Crippen LogP contribution in [0.5, 0.6) is 0 Å². The van der Waals surface area contributed by atoms with E-state index in [2.05, 4.69) is 74.6 Å². The molecule has 0 aliphatic carbocycles. The molecule has 0 aromatic rings. The third kappa shape index (κ3) is 66.8. The second-order valence-electron chi connectivity index (χ2n) is 24.9. The number of unbranched alkanes of at least 4 members (excludes halogenated alkanes) is 41. The Bertz CT molecular complexity index is 1570. The fourth-order valence-corrected chi connectivity index (χ4v) is 10.9. The smallest absolute Gasteiger partial charge is 0.462 e. The number of likely N-dealkylation sites (N-methyl/N-ethyl adjacent to an activating group) is 1. The van der Waals surface area contributed by atoms with Crippen molar-refractivity contribution in [3.05, 3.63) is 60.8 Å². The average molecular weight is 1170 g/mol. The van der Waals surface area contributed by atoms with E-state index in [1.807, 2.05) is 21.1 Å². The maximum Gasteiger partial charge on any atom is 0.472 e. The van der Waals surface area contributed by atoms with E-state index >= 15 is 0 Å². The van der Waals surface area contributed by atoms with Gasteiger partial charge in [-0.2, -0.15) is 0 Å². The fraction of sp³-hybridized carbons (Fsp3) is 0.833. The van der Waals surface area contributed by atoms with E-state index in [1.54, 1.807) is 0 Å². The minimum absolute atomic E-state index is 0.0321. The molecule has 1 N–H and O–H groups in total. The summed E-state index contributed by atoms with van der Waals surface area (Å²) in [6, 6.07) is 0. The van der Waals surface area contributed by atoms with Gasteiger partial charge < -0.3 is 18.9 Å². The van der Waals surface area contributed by atoms with Crippen LogP contribution in [-0.4, -0.2) is 74.9 Å². The maximum atomic E-state index is 12.9. The van der Waals surface area contributed by atoms with Crippen molar-refractivity contribution in [2.75, 3.05) is 47.5 Å². The number of phosphoric ester groups is 1. The third-order valence-corrected chi connectivity index (χ3v) is 16.5. The van der Waals surface area contributed by atoms with Gasteiger partial charge in [0.15, 0.2) is 6.10 Å². The van der Waals surface area contributed by atoms with Crippen molar-refractivity contribution in [1.82, 2.24) is 0 Å². The van der Waals surface area contributed by atoms with E-state index in [0.717, 1.165) is 57.8 Å². The van der Waals surface area contributed by atoms with Crippen LogP contribution in [0.4, 0.5) is 0 Å². The first-order valence-corrected chi connectivity index (χ1v) is 36.5. The van der Waals surface area contributed by atoms with Crippen molar-refractivity contribution in [2.24, 2.45) is 0 Å². The molecular weight excluding hydrogens is 1040 g/mol. The molecule has 0 aliphatic heterocycles. The number of esters is 2. The van der Waals surface area contributed by atoms with Gasteiger partial charge >= 0.3 is 19.8 Å². The summed E-state index contributed by atoms with van der Waals surface area (Å²) < 4.78 is 34.7. The summed E-state index contributed by atoms with van der Waals surface area (Å²) in [5.74, 6) is -0.783. The third-order valence-electron chi connectivity index (χ3n) is 15.5. The summed E-state index contributed by atoms with van der Waals surface area (Å²) in [6.45, 7) is 4.37. The molecule has 0 aliphatic rings. The lowest BCUT2D eigenvalue weighted by atomic mass is 10.0. The zero-order valence-electron chi connectivity index (χ0n) is 54.7. The van der Waals surface area contributed by atoms with Crippen LogP contribution in [0.2, 0.25) is 0 Å². The molecule has 0 fully saturated rings. The monoisotopic (exact) mass is 1170 g/mol. The standard InChI is InChI=1S/C72H134NO8P/c1-6-8-10-12-14-16-18-20-22-24-26-28-30-32-34-35-36-37-39-40-42-44-46-48-50-52-54-56-58-60-62-64-71(74)78-68-70(69-80-82(76,77)79-67-66-73(3,4)5)81-72(75)65-63-61-59-57-55-53-51-49-47-45-43-41-38-33-31-29-27-25-23-21-19-17-15-13-11-9-7-2/h9,11,15,17,21,23-24,26-27,29,70H,6-8,10,12-14,16,18-20,22,25,28,30-69H2,1-5H3/p+1/b11-9-,17-15-,23-21-,26-24-,29-27-. The summed E-state index contributed by atoms with van der Waals surface area (Å²) in [6.07, 6.45) is 83.3. The van der Waals surface area contributed by atoms with Gasteiger partial charge in [0.25, 0.3) is 0 Å². The summed E-state index contributed by atoms with van der Waals surface area (Å²) >= 11 is 0. The first-order chi connectivity index (χ1) is 40.0. The quantitative estimate of drug-likeness (QED) is 0.0211. The zero-order valence-corrected chi connectivity index (χ0v) is 55.6. The Labute approximate surface area is 508 Å². The molecule has 9 nitrogen and oxygen atoms in total. The van der Waals surface area contributed by atoms with Crippen LogP contribution in [0.1, 0.15) is 335 Å². The normalized spacial score (nSPS) is 13.5. The van der Waals surface area contributed by atoms with Crippen molar-refractivity contribution in [3.63, 3.8) is 0 Å². The van der Waals surface area contributed by atoms with Gasteiger partial charge in [-0.25, -0.2) is 4.57 Å². The first-order valence-electron chi connectivity index (χ1n) is 35.0. The minimum Gasteiger partial charge on any atom is -0.462 e. The first kappa shape index (κ1) is 79.7. The van der Waals surface area contributed by atoms with E-state index in [-0.39, 0.29) is 25.6 Å². The van der Waals surface area contributed by atoms with Crippen LogP contribution in [0.15, 0.2) is 60.8 Å². The summed E-state index contributed by atoms with van der Waals surface area (Å²) in [5, 5.41) is 0. The molecule has 0 amide bonds. The van der Waals surface area contributed by atoms with E-state index in [4.69, 9.17) is 18.5 Å². The molecule has 2 atom stereocenters. The van der Waals surface area contributed by atoms with Crippen molar-refractivity contribution in [3.8, 4) is 0 Å². The SMILES string of the molecule is CC/C=C\C/C=C\C/C=C\C/C=C\CCCCCCCCCCCCCCCCC(=O)OC(COC(=O)CCCCCCCCCCCCCCCCCCCCC/C=C\CCCCCCCCCC)COP(=O)(O)OCC[N+](C)(C)C. The highest BCUT2D eigenvalue weighted by Gasteiger charge is 2.27. The molecule has 0 heterocycles. The number of hydrogen-bond donors (Lipinski definition) is 1. The number of hydrogen-bond acceptors (Lipinski definition) is 7. The highest BCUT2D eigenvalue weighted by molar-refractivity contribution is 7.47. The molecule has 0 spiro atoms. The molecule has 0 saturated carbocycles. The fourth-order valence-electron chi connectivity index (χ4n) is 10.2. The summed E-state index contributed by atoms with van der Waals surface area (Å²) in [5.41, 5.74) is 0. The summed E-state index contributed by atoms with van der Waals surface area (Å²) in [4.78, 5) is 35.9. The van der Waals surface area contributed by atoms with Crippen LogP contribution in [0.25, 0.3) is 0 Å². The molecule has 0 aromatic carbocycles. The number of nitrogens with zero attached hydrogens (tertiary/aromatic N) is 1. The predicted molar refractivity (Wildman–Crippen MR) is 353 cm³/mol. The van der Waals surface area contributed by atoms with Crippen LogP contribution < -0.4 is 0 Å². The average Bonchev–Trinajstić information content (AvgIpc) is 3.46. The van der Waals surface area contributed by atoms with Crippen molar-refractivity contribution in [1.29, 1.82) is 0 Å². The second kappa shape index (κ2) is 63.2. The molecule has 0 radical (unpaired) electrons. The molecule has 0 aromatic heterocycles. The molecule has 480 valence electrons. The van der Waals surface area contributed by atoms with Gasteiger partial charge in [0, 0.05) is 12.8 Å². The lowest BCUT2D eigenvalue weighted by molar-refractivity contribution is -0.870. The van der Waals surface area contributed by atoms with E-state index in [1.165, 1.54) is 244 Å². The number of quaternary nitrogens is 1. The van der Waals surface area contributed by atoms with Gasteiger partial charge in [-0.1, -0.05) is 306 Å². The summed E-state index contributed by atoms with van der Waals surface area (Å²) in [7, 11) is 1.49. The van der Waals surface area contributed by atoms with Crippen LogP contribution >= 0.6 is 7.82 Å². The van der Waals surface area contributed by atoms with Gasteiger partial charge in [-0.3, -0.25) is 18.6 Å². The Hall–Kier alpha value is -2.29. The van der Waals surface area contributed by atoms with Crippen LogP contribution in [-0.2, 0) is 32.7 Å². The highest BCUT2D eigenvalue weighted by Crippen LogP contribution is 2.43. The number of ether oxygens (including phenoxy) is 2. The van der Waals surface area contributed by atoms with Gasteiger partial charge in [0.1, 0.15) is 19.8 Å². The lowest BCUT2D eigenvalue weighted by Gasteiger charge is -2.24. The Balaban J connectivity index is 4.01. The maximum absolute atomic E-state index is 12.9. The number of carbonyl (C=O) groups is 2. The highest BCUT2D eigenvalue weighted by atomic mass is 31.2. The van der Waals surface area contributed by atoms with Crippen LogP contribution in [0, 0.1) is 0 Å². The van der Waals surface area contributed by atoms with Gasteiger partial charge in [-0.05, 0) is 77.0 Å². The molecule has 0 saturated heterocycles. The topological polar surface area (TPSA) is 108 Å². The van der Waals surface area contributed by atoms with E-state index in [0.29, 0.717) is 23.9 Å². The van der Waals surface area contributed by atoms with Crippen molar-refractivity contribution >= 4 is 19.8 Å². The van der Waals surface area contributed by atoms with E-state index < -0.39 is 26.5 Å². The predicted octanol–water partition coefficient (Wildman–Crippen LogP) is 22.6. The van der Waals surface area contributed by atoms with Gasteiger partial charge in [0.2, 0.25) is 0 Å². The Morgan fingerprint density at radius 2 is 0.695 bits per heavy atom. The zero-order chi connectivity index (χ0) is 59.8. The molecule has 2 unspecified atom stereocenters. The Kier molecular flexibility index (Phi) is 61.5. The van der Waals surface area contributed by atoms with E-state index in [9.17, 15) is 19.0 Å². The molecule has 0 rings (SSSR count). The number of rotatable bonds is 65. The largest absolute Gasteiger partial charge is 0.472 e.